The van der Waals surface area contributed by atoms with Crippen LogP contribution in [0.3, 0.4) is 0 Å². The van der Waals surface area contributed by atoms with Gasteiger partial charge >= 0.3 is 0 Å². The summed E-state index contributed by atoms with van der Waals surface area (Å²) in [5.41, 5.74) is 2.70. The van der Waals surface area contributed by atoms with Gasteiger partial charge in [0.2, 0.25) is 5.91 Å². The van der Waals surface area contributed by atoms with Crippen molar-refractivity contribution in [2.75, 3.05) is 11.9 Å². The van der Waals surface area contributed by atoms with Crippen molar-refractivity contribution in [1.82, 2.24) is 4.90 Å². The first-order valence-corrected chi connectivity index (χ1v) is 8.84. The fourth-order valence-corrected chi connectivity index (χ4v) is 3.78. The van der Waals surface area contributed by atoms with Gasteiger partial charge in [0.1, 0.15) is 0 Å². The van der Waals surface area contributed by atoms with Crippen LogP contribution in [0, 0.1) is 5.92 Å². The first kappa shape index (κ1) is 14.5. The molecular weight excluding hydrogens is 308 g/mol. The summed E-state index contributed by atoms with van der Waals surface area (Å²) in [6.45, 7) is 1.46. The van der Waals surface area contributed by atoms with Crippen LogP contribution in [0.1, 0.15) is 33.6 Å². The molecule has 118 valence electrons. The zero-order chi connectivity index (χ0) is 15.8. The molecule has 23 heavy (non-hydrogen) atoms. The predicted molar refractivity (Wildman–Crippen MR) is 90.6 cm³/mol. The van der Waals surface area contributed by atoms with Crippen molar-refractivity contribution < 1.29 is 9.59 Å². The Balaban J connectivity index is 1.43. The summed E-state index contributed by atoms with van der Waals surface area (Å²) >= 11 is 1.77. The van der Waals surface area contributed by atoms with Gasteiger partial charge in [-0.3, -0.25) is 9.59 Å². The number of nitrogens with one attached hydrogen (secondary N) is 1. The SMILES string of the molecule is O=C(Nc1ccc(C(=O)N2CCc3sccc3C2)cc1)C1CC1. The average Bonchev–Trinajstić information content (AvgIpc) is 3.32. The van der Waals surface area contributed by atoms with Crippen LogP contribution in [-0.2, 0) is 17.8 Å². The second kappa shape index (κ2) is 5.81. The molecule has 1 N–H and O–H groups in total. The van der Waals surface area contributed by atoms with Crippen molar-refractivity contribution in [3.05, 3.63) is 51.7 Å². The van der Waals surface area contributed by atoms with E-state index in [1.165, 1.54) is 10.4 Å². The lowest BCUT2D eigenvalue weighted by Crippen LogP contribution is -2.35. The summed E-state index contributed by atoms with van der Waals surface area (Å²) < 4.78 is 0. The van der Waals surface area contributed by atoms with Gasteiger partial charge in [0.05, 0.1) is 0 Å². The maximum Gasteiger partial charge on any atom is 0.254 e. The molecule has 1 aliphatic carbocycles. The van der Waals surface area contributed by atoms with E-state index < -0.39 is 0 Å². The highest BCUT2D eigenvalue weighted by molar-refractivity contribution is 7.10. The fraction of sp³-hybridized carbons (Fsp3) is 0.333. The molecule has 2 aliphatic rings. The molecule has 0 unspecified atom stereocenters. The van der Waals surface area contributed by atoms with Gasteiger partial charge in [-0.2, -0.15) is 0 Å². The molecule has 1 saturated carbocycles. The summed E-state index contributed by atoms with van der Waals surface area (Å²) in [6, 6.07) is 9.33. The van der Waals surface area contributed by atoms with Crippen molar-refractivity contribution in [3.63, 3.8) is 0 Å². The molecule has 1 aliphatic heterocycles. The summed E-state index contributed by atoms with van der Waals surface area (Å²) in [7, 11) is 0. The Labute approximate surface area is 139 Å². The van der Waals surface area contributed by atoms with Gasteiger partial charge in [-0.15, -0.1) is 11.3 Å². The van der Waals surface area contributed by atoms with Crippen molar-refractivity contribution in [1.29, 1.82) is 0 Å². The number of anilines is 1. The Morgan fingerprint density at radius 2 is 1.91 bits per heavy atom. The number of thiophene rings is 1. The minimum atomic E-state index is 0.0573. The van der Waals surface area contributed by atoms with E-state index in [9.17, 15) is 9.59 Å². The molecule has 0 radical (unpaired) electrons. The van der Waals surface area contributed by atoms with Crippen molar-refractivity contribution in [2.24, 2.45) is 5.92 Å². The molecule has 0 spiro atoms. The summed E-state index contributed by atoms with van der Waals surface area (Å²) in [6.07, 6.45) is 2.91. The Kier molecular flexibility index (Phi) is 3.65. The second-order valence-corrected chi connectivity index (χ2v) is 7.19. The lowest BCUT2D eigenvalue weighted by Gasteiger charge is -2.27. The van der Waals surface area contributed by atoms with E-state index in [4.69, 9.17) is 0 Å². The van der Waals surface area contributed by atoms with E-state index in [0.717, 1.165) is 31.5 Å². The van der Waals surface area contributed by atoms with Gasteiger partial charge in [-0.05, 0) is 60.5 Å². The van der Waals surface area contributed by atoms with Crippen molar-refractivity contribution >= 4 is 28.8 Å². The molecule has 0 saturated heterocycles. The minimum absolute atomic E-state index is 0.0573. The number of hydrogen-bond donors (Lipinski definition) is 1. The number of carbonyl (C=O) groups is 2. The fourth-order valence-electron chi connectivity index (χ4n) is 2.89. The smallest absolute Gasteiger partial charge is 0.254 e. The molecule has 2 heterocycles. The number of nitrogens with zero attached hydrogens (tertiary/aromatic N) is 1. The molecule has 4 rings (SSSR count). The van der Waals surface area contributed by atoms with E-state index in [2.05, 4.69) is 16.8 Å². The van der Waals surface area contributed by atoms with E-state index in [0.29, 0.717) is 12.1 Å². The number of rotatable bonds is 3. The molecular formula is C18H18N2O2S. The van der Waals surface area contributed by atoms with E-state index in [1.54, 1.807) is 23.5 Å². The van der Waals surface area contributed by atoms with E-state index in [1.807, 2.05) is 17.0 Å². The second-order valence-electron chi connectivity index (χ2n) is 6.19. The lowest BCUT2D eigenvalue weighted by molar-refractivity contribution is -0.117. The van der Waals surface area contributed by atoms with Crippen LogP contribution in [0.4, 0.5) is 5.69 Å². The summed E-state index contributed by atoms with van der Waals surface area (Å²) in [5.74, 6) is 0.330. The zero-order valence-electron chi connectivity index (χ0n) is 12.7. The molecule has 2 amide bonds. The number of benzene rings is 1. The number of hydrogen-bond acceptors (Lipinski definition) is 3. The number of carbonyl (C=O) groups excluding carboxylic acids is 2. The van der Waals surface area contributed by atoms with Gasteiger partial charge in [0, 0.05) is 35.1 Å². The van der Waals surface area contributed by atoms with Crippen LogP contribution >= 0.6 is 11.3 Å². The van der Waals surface area contributed by atoms with Crippen LogP contribution in [0.2, 0.25) is 0 Å². The maximum atomic E-state index is 12.6. The number of amides is 2. The molecule has 5 heteroatoms. The summed E-state index contributed by atoms with van der Waals surface area (Å²) in [5, 5.41) is 4.99. The first-order chi connectivity index (χ1) is 11.2. The normalized spacial score (nSPS) is 16.8. The standard InChI is InChI=1S/C18H18N2O2S/c21-17(12-1-2-12)19-15-5-3-13(4-6-15)18(22)20-9-7-16-14(11-20)8-10-23-16/h3-6,8,10,12H,1-2,7,9,11H2,(H,19,21). The molecule has 0 bridgehead atoms. The Bertz CT molecular complexity index is 747. The van der Waals surface area contributed by atoms with E-state index >= 15 is 0 Å². The van der Waals surface area contributed by atoms with Crippen LogP contribution in [0.25, 0.3) is 0 Å². The quantitative estimate of drug-likeness (QED) is 0.941. The van der Waals surface area contributed by atoms with Crippen LogP contribution in [0.5, 0.6) is 0 Å². The van der Waals surface area contributed by atoms with Crippen LogP contribution < -0.4 is 5.32 Å². The first-order valence-electron chi connectivity index (χ1n) is 7.96. The highest BCUT2D eigenvalue weighted by atomic mass is 32.1. The Morgan fingerprint density at radius 3 is 2.65 bits per heavy atom. The topological polar surface area (TPSA) is 49.4 Å². The minimum Gasteiger partial charge on any atom is -0.334 e. The zero-order valence-corrected chi connectivity index (χ0v) is 13.6. The monoisotopic (exact) mass is 326 g/mol. The largest absolute Gasteiger partial charge is 0.334 e. The van der Waals surface area contributed by atoms with Crippen LogP contribution in [-0.4, -0.2) is 23.3 Å². The predicted octanol–water partition coefficient (Wildman–Crippen LogP) is 3.30. The summed E-state index contributed by atoms with van der Waals surface area (Å²) in [4.78, 5) is 27.7. The molecule has 1 fully saturated rings. The molecule has 1 aromatic heterocycles. The Hall–Kier alpha value is -2.14. The van der Waals surface area contributed by atoms with Crippen molar-refractivity contribution in [2.45, 2.75) is 25.8 Å². The highest BCUT2D eigenvalue weighted by Crippen LogP contribution is 2.30. The third kappa shape index (κ3) is 3.01. The molecule has 2 aromatic rings. The number of fused-ring (bicyclic) bond motifs is 1. The lowest BCUT2D eigenvalue weighted by atomic mass is 10.1. The van der Waals surface area contributed by atoms with Gasteiger partial charge < -0.3 is 10.2 Å². The van der Waals surface area contributed by atoms with Gasteiger partial charge in [-0.1, -0.05) is 0 Å². The van der Waals surface area contributed by atoms with Crippen LogP contribution in [0.15, 0.2) is 35.7 Å². The van der Waals surface area contributed by atoms with Gasteiger partial charge in [0.15, 0.2) is 0 Å². The Morgan fingerprint density at radius 1 is 1.13 bits per heavy atom. The highest BCUT2D eigenvalue weighted by Gasteiger charge is 2.29. The van der Waals surface area contributed by atoms with E-state index in [-0.39, 0.29) is 17.7 Å². The molecule has 4 nitrogen and oxygen atoms in total. The maximum absolute atomic E-state index is 12.6. The van der Waals surface area contributed by atoms with Crippen molar-refractivity contribution in [3.8, 4) is 0 Å². The van der Waals surface area contributed by atoms with Gasteiger partial charge in [-0.25, -0.2) is 0 Å². The third-order valence-electron chi connectivity index (χ3n) is 4.44. The molecule has 0 atom stereocenters. The third-order valence-corrected chi connectivity index (χ3v) is 5.47. The molecule has 1 aromatic carbocycles. The average molecular weight is 326 g/mol. The van der Waals surface area contributed by atoms with Gasteiger partial charge in [0.25, 0.3) is 5.91 Å².